The molecular formula is C114H72O3. The van der Waals surface area contributed by atoms with Crippen molar-refractivity contribution in [1.82, 2.24) is 0 Å². The Morgan fingerprint density at radius 3 is 0.744 bits per heavy atom. The van der Waals surface area contributed by atoms with Crippen molar-refractivity contribution in [3.8, 4) is 100 Å². The van der Waals surface area contributed by atoms with E-state index in [1.54, 1.807) is 109 Å². The van der Waals surface area contributed by atoms with E-state index in [0.717, 1.165) is 65.7 Å². The predicted molar refractivity (Wildman–Crippen MR) is 495 cm³/mol. The van der Waals surface area contributed by atoms with Crippen molar-refractivity contribution in [3.05, 3.63) is 436 Å². The van der Waals surface area contributed by atoms with E-state index >= 15 is 0 Å². The first-order valence-corrected chi connectivity index (χ1v) is 38.1. The number of rotatable bonds is 9. The molecule has 0 aliphatic carbocycles. The molecule has 0 unspecified atom stereocenters. The number of fused-ring (bicyclic) bond motifs is 15. The average Bonchev–Trinajstić information content (AvgIpc) is 1.71. The van der Waals surface area contributed by atoms with Crippen LogP contribution in [0.5, 0.6) is 0 Å². The van der Waals surface area contributed by atoms with E-state index in [-0.39, 0.29) is 137 Å². The second-order valence-electron chi connectivity index (χ2n) is 28.5. The third-order valence-electron chi connectivity index (χ3n) is 21.9. The lowest BCUT2D eigenvalue weighted by molar-refractivity contribution is 0.668. The molecule has 3 nitrogen and oxygen atoms in total. The quantitative estimate of drug-likeness (QED) is 0.135. The summed E-state index contributed by atoms with van der Waals surface area (Å²) in [5.41, 5.74) is 15.2. The van der Waals surface area contributed by atoms with Crippen LogP contribution in [0, 0.1) is 0 Å². The van der Waals surface area contributed by atoms with E-state index in [0.29, 0.717) is 100 Å². The van der Waals surface area contributed by atoms with Crippen molar-refractivity contribution in [1.29, 1.82) is 0 Å². The lowest BCUT2D eigenvalue weighted by atomic mass is 9.85. The zero-order valence-corrected chi connectivity index (χ0v) is 61.9. The molecule has 0 radical (unpaired) electrons. The summed E-state index contributed by atoms with van der Waals surface area (Å²) in [6.07, 6.45) is 0. The van der Waals surface area contributed by atoms with Crippen LogP contribution in [0.1, 0.15) is 32.9 Å². The average molecular weight is 1510 g/mol. The van der Waals surface area contributed by atoms with Crippen molar-refractivity contribution in [2.24, 2.45) is 0 Å². The van der Waals surface area contributed by atoms with Crippen LogP contribution in [0.15, 0.2) is 449 Å². The standard InChI is InChI=1S/3C38H24O/c1-3-12-25(13-4-1)28-20-11-21-35-38(28)33-24-27(22-23-34(33)39-35)37-31-18-9-7-16-29(31)36(26-14-5-2-6-15-26)30-17-8-10-19-32(30)37;1-3-11-25(12-4-1)27-19-21-29-34-23-28(20-22-35(34)39-36(29)24-27)38-32-17-9-7-15-30(32)37(26-13-5-2-6-14-26)31-16-8-10-18-33(31)38;1-3-11-25(12-4-1)27-19-21-35-33(23-27)34-24-28(20-22-36(34)39-35)38-31-17-9-7-15-29(31)37(26-13-5-2-6-14-26)30-16-8-10-18-32(30)38/h3*1-24H/i7D,8D,9D,10D,16D,17D,18D,19D;2*7D,8D,9D,10D,15D,16D,17D,18D. The van der Waals surface area contributed by atoms with Gasteiger partial charge in [-0.05, 0) is 232 Å². The van der Waals surface area contributed by atoms with E-state index in [1.165, 1.54) is 0 Å². The lowest BCUT2D eigenvalue weighted by Crippen LogP contribution is -1.90. The Kier molecular flexibility index (Phi) is 11.8. The highest BCUT2D eigenvalue weighted by molar-refractivity contribution is 6.26. The zero-order valence-electron chi connectivity index (χ0n) is 85.9. The molecule has 0 saturated carbocycles. The van der Waals surface area contributed by atoms with E-state index in [9.17, 15) is 2.74 Å². The van der Waals surface area contributed by atoms with E-state index in [2.05, 4.69) is 0 Å². The summed E-state index contributed by atoms with van der Waals surface area (Å²) in [5, 5.41) is 7.14. The normalized spacial score (nSPS) is 14.5. The van der Waals surface area contributed by atoms with Gasteiger partial charge in [-0.15, -0.1) is 0 Å². The van der Waals surface area contributed by atoms with Gasteiger partial charge in [0.05, 0.1) is 32.9 Å². The molecule has 117 heavy (non-hydrogen) atoms. The fraction of sp³-hybridized carbons (Fsp3) is 0. The maximum atomic E-state index is 9.18. The largest absolute Gasteiger partial charge is 0.456 e. The van der Waals surface area contributed by atoms with Gasteiger partial charge in [-0.1, -0.05) is 369 Å². The first-order valence-electron chi connectivity index (χ1n) is 50.1. The molecule has 21 aromatic carbocycles. The lowest BCUT2D eigenvalue weighted by Gasteiger charge is -2.17. The van der Waals surface area contributed by atoms with Crippen LogP contribution in [0.2, 0.25) is 0 Å². The fourth-order valence-corrected chi connectivity index (χ4v) is 16.7. The molecule has 0 amide bonds. The Labute approximate surface area is 709 Å². The molecule has 0 atom stereocenters. The molecule has 0 saturated heterocycles. The van der Waals surface area contributed by atoms with Gasteiger partial charge >= 0.3 is 0 Å². The van der Waals surface area contributed by atoms with Gasteiger partial charge in [-0.2, -0.15) is 0 Å². The van der Waals surface area contributed by atoms with Crippen LogP contribution in [0.25, 0.3) is 231 Å². The first-order chi connectivity index (χ1) is 68.0. The van der Waals surface area contributed by atoms with Gasteiger partial charge in [-0.3, -0.25) is 0 Å². The van der Waals surface area contributed by atoms with Gasteiger partial charge in [0.15, 0.2) is 0 Å². The summed E-state index contributed by atoms with van der Waals surface area (Å²) in [6, 6.07) is 82.5. The smallest absolute Gasteiger partial charge is 0.136 e. The SMILES string of the molecule is [2H]c1c([2H])c([2H])c2c(-c3ccc4oc5cc(-c6ccccc6)ccc5c4c3)c3c([2H])c([2H])c([2H])c([2H])c3c(-c3ccccc3)c2c1[2H].[2H]c1c([2H])c([2H])c2c(-c3ccc4oc5ccc(-c6ccccc6)cc5c4c3)c3c([2H])c([2H])c([2H])c([2H])c3c(-c3ccccc3)c2c1[2H].[2H]c1c([2H])c([2H])c2c(-c3ccc4oc5cccc(-c6ccccc6)c5c4c3)c3c([2H])c([2H])c([2H])c([2H])c3c(-c3ccccc3)c2c1[2H]. The zero-order chi connectivity index (χ0) is 98.2. The van der Waals surface area contributed by atoms with Crippen LogP contribution in [0.4, 0.5) is 0 Å². The fourth-order valence-electron chi connectivity index (χ4n) is 16.7. The molecule has 24 aromatic rings. The summed E-state index contributed by atoms with van der Waals surface area (Å²) >= 11 is 0. The second-order valence-corrected chi connectivity index (χ2v) is 28.5. The molecule has 24 rings (SSSR count). The third-order valence-corrected chi connectivity index (χ3v) is 21.9. The van der Waals surface area contributed by atoms with Crippen molar-refractivity contribution in [2.45, 2.75) is 0 Å². The molecule has 3 heteroatoms. The highest BCUT2D eigenvalue weighted by Gasteiger charge is 2.24. The summed E-state index contributed by atoms with van der Waals surface area (Å²) in [4.78, 5) is 0. The maximum absolute atomic E-state index is 9.18. The molecule has 0 bridgehead atoms. The van der Waals surface area contributed by atoms with Crippen molar-refractivity contribution < 1.29 is 46.1 Å². The molecule has 546 valence electrons. The van der Waals surface area contributed by atoms with Crippen molar-refractivity contribution in [3.63, 3.8) is 0 Å². The predicted octanol–water partition coefficient (Wildman–Crippen LogP) is 32.7. The minimum absolute atomic E-state index is 0.183. The number of benzene rings is 21. The van der Waals surface area contributed by atoms with E-state index in [1.807, 2.05) is 182 Å². The highest BCUT2D eigenvalue weighted by atomic mass is 16.3. The van der Waals surface area contributed by atoms with E-state index in [4.69, 9.17) is 43.4 Å². The Balaban J connectivity index is 0.000000121. The molecular weight excluding hydrogens is 1420 g/mol. The van der Waals surface area contributed by atoms with Gasteiger partial charge in [-0.25, -0.2) is 0 Å². The summed E-state index contributed by atoms with van der Waals surface area (Å²) in [5.74, 6) is 0. The first kappa shape index (κ1) is 47.8. The van der Waals surface area contributed by atoms with Crippen molar-refractivity contribution >= 4 is 130 Å². The van der Waals surface area contributed by atoms with Crippen molar-refractivity contribution in [2.75, 3.05) is 0 Å². The summed E-state index contributed by atoms with van der Waals surface area (Å²) in [7, 11) is 0. The van der Waals surface area contributed by atoms with Gasteiger partial charge in [0.2, 0.25) is 0 Å². The monoisotopic (exact) mass is 1510 g/mol. The van der Waals surface area contributed by atoms with E-state index < -0.39 is 72.5 Å². The minimum atomic E-state index is -0.427. The van der Waals surface area contributed by atoms with Crippen LogP contribution in [0.3, 0.4) is 0 Å². The topological polar surface area (TPSA) is 39.4 Å². The Morgan fingerprint density at radius 2 is 0.393 bits per heavy atom. The minimum Gasteiger partial charge on any atom is -0.456 e. The Morgan fingerprint density at radius 1 is 0.145 bits per heavy atom. The number of hydrogen-bond donors (Lipinski definition) is 0. The van der Waals surface area contributed by atoms with Gasteiger partial charge < -0.3 is 13.3 Å². The number of furan rings is 3. The third kappa shape index (κ3) is 12.0. The number of hydrogen-bond acceptors (Lipinski definition) is 3. The molecule has 0 N–H and O–H groups in total. The second kappa shape index (κ2) is 29.0. The van der Waals surface area contributed by atoms with Gasteiger partial charge in [0.25, 0.3) is 0 Å². The Bertz CT molecular complexity index is 9260. The molecule has 3 heterocycles. The van der Waals surface area contributed by atoms with Crippen LogP contribution >= 0.6 is 0 Å². The van der Waals surface area contributed by atoms with Gasteiger partial charge in [0, 0.05) is 32.3 Å². The Hall–Kier alpha value is -15.4. The molecule has 0 fully saturated rings. The molecule has 0 aliphatic heterocycles. The molecule has 3 aromatic heterocycles. The molecule has 0 aliphatic rings. The summed E-state index contributed by atoms with van der Waals surface area (Å²) < 4.78 is 232. The van der Waals surface area contributed by atoms with Crippen LogP contribution < -0.4 is 0 Å². The highest BCUT2D eigenvalue weighted by Crippen LogP contribution is 2.50. The summed E-state index contributed by atoms with van der Waals surface area (Å²) in [6.45, 7) is 0. The van der Waals surface area contributed by atoms with Crippen LogP contribution in [-0.4, -0.2) is 0 Å². The van der Waals surface area contributed by atoms with Gasteiger partial charge in [0.1, 0.15) is 33.5 Å². The molecule has 0 spiro atoms. The van der Waals surface area contributed by atoms with Crippen LogP contribution in [-0.2, 0) is 0 Å². The maximum Gasteiger partial charge on any atom is 0.136 e.